The van der Waals surface area contributed by atoms with E-state index in [4.69, 9.17) is 0 Å². The molecule has 0 unspecified atom stereocenters. The normalized spacial score (nSPS) is 17.6. The van der Waals surface area contributed by atoms with Gasteiger partial charge in [0.1, 0.15) is 5.82 Å². The van der Waals surface area contributed by atoms with Crippen molar-refractivity contribution in [2.45, 2.75) is 57.4 Å². The van der Waals surface area contributed by atoms with E-state index >= 15 is 0 Å². The fourth-order valence-corrected chi connectivity index (χ4v) is 4.84. The monoisotopic (exact) mass is 493 g/mol. The second-order valence-corrected chi connectivity index (χ2v) is 7.94. The van der Waals surface area contributed by atoms with Gasteiger partial charge >= 0.3 is 0 Å². The molecule has 1 N–H and O–H groups in total. The van der Waals surface area contributed by atoms with Crippen LogP contribution in [0, 0.1) is 6.92 Å². The number of nitrogens with zero attached hydrogens (tertiary/aromatic N) is 4. The van der Waals surface area contributed by atoms with Crippen LogP contribution >= 0.6 is 24.0 Å². The Hall–Kier alpha value is -1.57. The standard InChI is InChI=1S/C22H31N5.HI/c1-18-24-14-16-26(18)15-8-7-13-25-21(23-2)27-17-22(11-5-6-12-22)19-9-3-4-10-20(19)27;/h3-4,9-10,14,16H,5-8,11-13,15,17H2,1-2H3,(H,23,25);1H. The molecule has 1 aromatic heterocycles. The highest BCUT2D eigenvalue weighted by Crippen LogP contribution is 2.50. The first kappa shape index (κ1) is 21.1. The Morgan fingerprint density at radius 1 is 1.21 bits per heavy atom. The second-order valence-electron chi connectivity index (χ2n) is 7.94. The van der Waals surface area contributed by atoms with Crippen molar-refractivity contribution in [3.8, 4) is 0 Å². The van der Waals surface area contributed by atoms with Gasteiger partial charge in [0, 0.05) is 50.2 Å². The lowest BCUT2D eigenvalue weighted by Crippen LogP contribution is -2.43. The lowest BCUT2D eigenvalue weighted by atomic mass is 9.81. The third-order valence-corrected chi connectivity index (χ3v) is 6.29. The summed E-state index contributed by atoms with van der Waals surface area (Å²) in [5.74, 6) is 2.11. The van der Waals surface area contributed by atoms with Gasteiger partial charge in [-0.15, -0.1) is 24.0 Å². The molecule has 0 amide bonds. The summed E-state index contributed by atoms with van der Waals surface area (Å²) in [5, 5.41) is 3.60. The Morgan fingerprint density at radius 2 is 2.00 bits per heavy atom. The SMILES string of the molecule is CN=C(NCCCCn1ccnc1C)N1CC2(CCCC2)c2ccccc21.I. The van der Waals surface area contributed by atoms with E-state index in [1.165, 1.54) is 36.9 Å². The highest BCUT2D eigenvalue weighted by molar-refractivity contribution is 14.0. The van der Waals surface area contributed by atoms with E-state index < -0.39 is 0 Å². The number of aryl methyl sites for hydroxylation is 2. The summed E-state index contributed by atoms with van der Waals surface area (Å²) in [6.07, 6.45) is 11.5. The first-order valence-corrected chi connectivity index (χ1v) is 10.3. The van der Waals surface area contributed by atoms with Crippen LogP contribution in [0.2, 0.25) is 0 Å². The van der Waals surface area contributed by atoms with Gasteiger partial charge in [0.2, 0.25) is 0 Å². The van der Waals surface area contributed by atoms with Gasteiger partial charge in [-0.3, -0.25) is 4.99 Å². The number of aromatic nitrogens is 2. The number of imidazole rings is 1. The summed E-state index contributed by atoms with van der Waals surface area (Å²) in [5.41, 5.74) is 3.22. The van der Waals surface area contributed by atoms with Crippen LogP contribution in [0.4, 0.5) is 5.69 Å². The maximum Gasteiger partial charge on any atom is 0.198 e. The predicted octanol–water partition coefficient (Wildman–Crippen LogP) is 4.50. The molecule has 6 heteroatoms. The molecule has 1 saturated carbocycles. The summed E-state index contributed by atoms with van der Waals surface area (Å²) < 4.78 is 2.22. The van der Waals surface area contributed by atoms with E-state index in [1.807, 2.05) is 13.2 Å². The van der Waals surface area contributed by atoms with Gasteiger partial charge in [-0.1, -0.05) is 31.0 Å². The van der Waals surface area contributed by atoms with Gasteiger partial charge in [0.05, 0.1) is 0 Å². The number of nitrogens with one attached hydrogen (secondary N) is 1. The Kier molecular flexibility index (Phi) is 7.01. The van der Waals surface area contributed by atoms with Crippen molar-refractivity contribution in [1.29, 1.82) is 0 Å². The molecule has 1 aromatic carbocycles. The number of rotatable bonds is 5. The lowest BCUT2D eigenvalue weighted by molar-refractivity contribution is 0.478. The molecule has 2 heterocycles. The zero-order valence-electron chi connectivity index (χ0n) is 17.0. The molecule has 1 aliphatic heterocycles. The molecule has 28 heavy (non-hydrogen) atoms. The van der Waals surface area contributed by atoms with E-state index in [9.17, 15) is 0 Å². The highest BCUT2D eigenvalue weighted by atomic mass is 127. The quantitative estimate of drug-likeness (QED) is 0.289. The Bertz CT molecular complexity index is 807. The van der Waals surface area contributed by atoms with E-state index in [1.54, 1.807) is 0 Å². The molecule has 152 valence electrons. The molecule has 0 saturated heterocycles. The molecule has 2 aromatic rings. The molecule has 5 nitrogen and oxygen atoms in total. The number of halogens is 1. The van der Waals surface area contributed by atoms with Gasteiger partial charge in [0.15, 0.2) is 5.96 Å². The average molecular weight is 493 g/mol. The highest BCUT2D eigenvalue weighted by Gasteiger charge is 2.45. The number of anilines is 1. The molecule has 1 spiro atoms. The molecule has 0 bridgehead atoms. The van der Waals surface area contributed by atoms with Crippen LogP contribution < -0.4 is 10.2 Å². The van der Waals surface area contributed by atoms with E-state index in [2.05, 4.69) is 62.1 Å². The lowest BCUT2D eigenvalue weighted by Gasteiger charge is -2.26. The average Bonchev–Trinajstić information content (AvgIpc) is 3.40. The topological polar surface area (TPSA) is 45.5 Å². The Balaban J connectivity index is 0.00000225. The molecular weight excluding hydrogens is 461 g/mol. The smallest absolute Gasteiger partial charge is 0.198 e. The first-order chi connectivity index (χ1) is 13.2. The minimum Gasteiger partial charge on any atom is -0.356 e. The van der Waals surface area contributed by atoms with Crippen LogP contribution in [0.15, 0.2) is 41.7 Å². The van der Waals surface area contributed by atoms with Crippen LogP contribution in [-0.2, 0) is 12.0 Å². The third-order valence-electron chi connectivity index (χ3n) is 6.29. The van der Waals surface area contributed by atoms with Crippen molar-refractivity contribution in [3.63, 3.8) is 0 Å². The van der Waals surface area contributed by atoms with Crippen molar-refractivity contribution in [2.75, 3.05) is 25.0 Å². The van der Waals surface area contributed by atoms with Crippen LogP contribution in [0.25, 0.3) is 0 Å². The van der Waals surface area contributed by atoms with Gasteiger partial charge in [-0.2, -0.15) is 0 Å². The van der Waals surface area contributed by atoms with Crippen LogP contribution in [0.3, 0.4) is 0 Å². The van der Waals surface area contributed by atoms with Gasteiger partial charge < -0.3 is 14.8 Å². The third kappa shape index (κ3) is 4.07. The van der Waals surface area contributed by atoms with Crippen LogP contribution in [0.1, 0.15) is 49.9 Å². The number of unbranched alkanes of at least 4 members (excludes halogenated alkanes) is 1. The van der Waals surface area contributed by atoms with Crippen molar-refractivity contribution < 1.29 is 0 Å². The molecular formula is C22H32IN5. The van der Waals surface area contributed by atoms with E-state index in [0.29, 0.717) is 5.41 Å². The fourth-order valence-electron chi connectivity index (χ4n) is 4.84. The molecule has 0 radical (unpaired) electrons. The first-order valence-electron chi connectivity index (χ1n) is 10.3. The minimum absolute atomic E-state index is 0. The van der Waals surface area contributed by atoms with Crippen molar-refractivity contribution >= 4 is 35.6 Å². The van der Waals surface area contributed by atoms with Crippen LogP contribution in [-0.4, -0.2) is 35.6 Å². The number of fused-ring (bicyclic) bond motifs is 2. The molecule has 0 atom stereocenters. The van der Waals surface area contributed by atoms with Gasteiger partial charge in [-0.25, -0.2) is 4.98 Å². The predicted molar refractivity (Wildman–Crippen MR) is 127 cm³/mol. The summed E-state index contributed by atoms with van der Waals surface area (Å²) in [4.78, 5) is 11.3. The second kappa shape index (κ2) is 9.29. The summed E-state index contributed by atoms with van der Waals surface area (Å²) in [6.45, 7) is 5.11. The fraction of sp³-hybridized carbons (Fsp3) is 0.545. The van der Waals surface area contributed by atoms with Gasteiger partial charge in [0.25, 0.3) is 0 Å². The molecule has 1 fully saturated rings. The molecule has 4 rings (SSSR count). The summed E-state index contributed by atoms with van der Waals surface area (Å²) >= 11 is 0. The van der Waals surface area contributed by atoms with Crippen molar-refractivity contribution in [1.82, 2.24) is 14.9 Å². The zero-order valence-corrected chi connectivity index (χ0v) is 19.4. The molecule has 2 aliphatic rings. The number of guanidine groups is 1. The number of hydrogen-bond donors (Lipinski definition) is 1. The maximum atomic E-state index is 4.60. The van der Waals surface area contributed by atoms with Crippen molar-refractivity contribution in [3.05, 3.63) is 48.0 Å². The summed E-state index contributed by atoms with van der Waals surface area (Å²) in [7, 11) is 1.90. The number of aliphatic imine (C=N–C) groups is 1. The number of hydrogen-bond acceptors (Lipinski definition) is 2. The van der Waals surface area contributed by atoms with E-state index in [-0.39, 0.29) is 24.0 Å². The van der Waals surface area contributed by atoms with Crippen molar-refractivity contribution in [2.24, 2.45) is 4.99 Å². The Labute approximate surface area is 185 Å². The van der Waals surface area contributed by atoms with Crippen LogP contribution in [0.5, 0.6) is 0 Å². The van der Waals surface area contributed by atoms with Gasteiger partial charge in [-0.05, 0) is 44.2 Å². The Morgan fingerprint density at radius 3 is 2.71 bits per heavy atom. The minimum atomic E-state index is 0. The molecule has 1 aliphatic carbocycles. The largest absolute Gasteiger partial charge is 0.356 e. The number of para-hydroxylation sites is 1. The van der Waals surface area contributed by atoms with E-state index in [0.717, 1.165) is 44.3 Å². The number of benzene rings is 1. The maximum absolute atomic E-state index is 4.60. The summed E-state index contributed by atoms with van der Waals surface area (Å²) in [6, 6.07) is 8.94. The zero-order chi connectivity index (χ0) is 18.7.